The van der Waals surface area contributed by atoms with Crippen molar-refractivity contribution >= 4 is 11.5 Å². The van der Waals surface area contributed by atoms with Gasteiger partial charge >= 0.3 is 0 Å². The highest BCUT2D eigenvalue weighted by molar-refractivity contribution is 6.14. The summed E-state index contributed by atoms with van der Waals surface area (Å²) in [6.07, 6.45) is 3.29. The average molecular weight is 340 g/mol. The first-order valence-electron chi connectivity index (χ1n) is 8.76. The van der Waals surface area contributed by atoms with E-state index in [9.17, 15) is 8.78 Å². The summed E-state index contributed by atoms with van der Waals surface area (Å²) in [6.45, 7) is 1.97. The van der Waals surface area contributed by atoms with E-state index >= 15 is 0 Å². The zero-order chi connectivity index (χ0) is 17.0. The molecule has 0 aliphatic carbocycles. The van der Waals surface area contributed by atoms with Gasteiger partial charge in [-0.3, -0.25) is 4.99 Å². The van der Waals surface area contributed by atoms with Gasteiger partial charge in [-0.05, 0) is 37.0 Å². The molecule has 0 amide bonds. The molecular weight excluding hydrogens is 322 g/mol. The molecule has 0 saturated carbocycles. The lowest BCUT2D eigenvalue weighted by atomic mass is 9.76. The summed E-state index contributed by atoms with van der Waals surface area (Å²) in [6, 6.07) is 10.6. The SMILES string of the molecule is Fc1cc2c(cc1F)C1(CO2)C2=NCCCCCN2c2ccccc21. The predicted octanol–water partition coefficient (Wildman–Crippen LogP) is 4.05. The first-order chi connectivity index (χ1) is 12.2. The van der Waals surface area contributed by atoms with Gasteiger partial charge in [0.15, 0.2) is 11.6 Å². The number of nitrogens with zero attached hydrogens (tertiary/aromatic N) is 2. The normalized spacial score (nSPS) is 24.1. The van der Waals surface area contributed by atoms with Gasteiger partial charge in [0.05, 0.1) is 0 Å². The molecule has 0 radical (unpaired) electrons. The van der Waals surface area contributed by atoms with Crippen LogP contribution in [0.15, 0.2) is 41.4 Å². The number of halogens is 2. The fourth-order valence-electron chi connectivity index (χ4n) is 4.38. The number of fused-ring (bicyclic) bond motifs is 7. The highest BCUT2D eigenvalue weighted by Crippen LogP contribution is 2.53. The molecule has 25 heavy (non-hydrogen) atoms. The summed E-state index contributed by atoms with van der Waals surface area (Å²) in [4.78, 5) is 7.14. The molecule has 0 fully saturated rings. The Morgan fingerprint density at radius 2 is 1.84 bits per heavy atom. The number of ether oxygens (including phenoxy) is 1. The van der Waals surface area contributed by atoms with Crippen LogP contribution in [0.2, 0.25) is 0 Å². The zero-order valence-electron chi connectivity index (χ0n) is 13.8. The summed E-state index contributed by atoms with van der Waals surface area (Å²) in [7, 11) is 0. The van der Waals surface area contributed by atoms with Crippen molar-refractivity contribution < 1.29 is 13.5 Å². The summed E-state index contributed by atoms with van der Waals surface area (Å²) < 4.78 is 33.6. The topological polar surface area (TPSA) is 24.8 Å². The lowest BCUT2D eigenvalue weighted by Crippen LogP contribution is -2.43. The van der Waals surface area contributed by atoms with Crippen LogP contribution in [0.4, 0.5) is 14.5 Å². The van der Waals surface area contributed by atoms with Gasteiger partial charge in [-0.25, -0.2) is 8.78 Å². The van der Waals surface area contributed by atoms with E-state index in [2.05, 4.69) is 17.0 Å². The number of hydrogen-bond acceptors (Lipinski definition) is 3. The molecule has 2 aromatic carbocycles. The standard InChI is InChI=1S/C20H18F2N2O/c21-15-10-14-18(11-16(15)22)25-12-20(14)13-6-2-3-7-17(13)24-9-5-1-4-8-23-19(20)24/h2-3,6-7,10-11H,1,4-5,8-9,12H2. The maximum Gasteiger partial charge on any atom is 0.162 e. The maximum absolute atomic E-state index is 14.1. The quantitative estimate of drug-likeness (QED) is 0.723. The Kier molecular flexibility index (Phi) is 3.14. The van der Waals surface area contributed by atoms with E-state index in [-0.39, 0.29) is 0 Å². The van der Waals surface area contributed by atoms with Gasteiger partial charge in [0.1, 0.15) is 23.6 Å². The van der Waals surface area contributed by atoms with Crippen LogP contribution in [-0.4, -0.2) is 25.5 Å². The van der Waals surface area contributed by atoms with Gasteiger partial charge in [0.25, 0.3) is 0 Å². The van der Waals surface area contributed by atoms with Crippen molar-refractivity contribution in [1.29, 1.82) is 0 Å². The Balaban J connectivity index is 1.80. The molecule has 3 aliphatic heterocycles. The van der Waals surface area contributed by atoms with Gasteiger partial charge in [-0.15, -0.1) is 0 Å². The molecule has 5 heteroatoms. The summed E-state index contributed by atoms with van der Waals surface area (Å²) in [5, 5.41) is 0. The average Bonchev–Trinajstić information content (AvgIpc) is 3.06. The van der Waals surface area contributed by atoms with Crippen molar-refractivity contribution in [3.8, 4) is 5.75 Å². The van der Waals surface area contributed by atoms with Crippen LogP contribution in [0.1, 0.15) is 30.4 Å². The molecule has 0 saturated heterocycles. The molecule has 1 atom stereocenters. The third-order valence-corrected chi connectivity index (χ3v) is 5.52. The van der Waals surface area contributed by atoms with E-state index < -0.39 is 17.0 Å². The Hall–Kier alpha value is -2.43. The van der Waals surface area contributed by atoms with Crippen LogP contribution in [0.5, 0.6) is 5.75 Å². The van der Waals surface area contributed by atoms with E-state index in [0.717, 1.165) is 55.5 Å². The number of rotatable bonds is 0. The van der Waals surface area contributed by atoms with Gasteiger partial charge in [0, 0.05) is 30.4 Å². The largest absolute Gasteiger partial charge is 0.491 e. The van der Waals surface area contributed by atoms with Gasteiger partial charge in [0.2, 0.25) is 0 Å². The molecule has 128 valence electrons. The van der Waals surface area contributed by atoms with E-state index in [1.807, 2.05) is 12.1 Å². The number of para-hydroxylation sites is 1. The lowest BCUT2D eigenvalue weighted by Gasteiger charge is -2.29. The smallest absolute Gasteiger partial charge is 0.162 e. The molecule has 2 aromatic rings. The Morgan fingerprint density at radius 3 is 2.76 bits per heavy atom. The van der Waals surface area contributed by atoms with E-state index in [0.29, 0.717) is 17.9 Å². The van der Waals surface area contributed by atoms with Crippen LogP contribution in [0.3, 0.4) is 0 Å². The zero-order valence-corrected chi connectivity index (χ0v) is 13.8. The second-order valence-corrected chi connectivity index (χ2v) is 6.89. The first-order valence-corrected chi connectivity index (χ1v) is 8.76. The fraction of sp³-hybridized carbons (Fsp3) is 0.350. The second-order valence-electron chi connectivity index (χ2n) is 6.89. The highest BCUT2D eigenvalue weighted by Gasteiger charge is 2.55. The molecule has 0 N–H and O–H groups in total. The minimum absolute atomic E-state index is 0.331. The Bertz CT molecular complexity index is 895. The molecule has 5 rings (SSSR count). The van der Waals surface area contributed by atoms with Crippen molar-refractivity contribution in [3.05, 3.63) is 59.2 Å². The van der Waals surface area contributed by atoms with Crippen molar-refractivity contribution in [1.82, 2.24) is 0 Å². The molecule has 1 spiro atoms. The Morgan fingerprint density at radius 1 is 1.00 bits per heavy atom. The van der Waals surface area contributed by atoms with E-state index in [1.165, 1.54) is 6.07 Å². The number of hydrogen-bond donors (Lipinski definition) is 0. The van der Waals surface area contributed by atoms with E-state index in [4.69, 9.17) is 9.73 Å². The summed E-state index contributed by atoms with van der Waals surface area (Å²) in [5.74, 6) is -0.386. The van der Waals surface area contributed by atoms with Crippen molar-refractivity contribution in [2.75, 3.05) is 24.6 Å². The van der Waals surface area contributed by atoms with Gasteiger partial charge in [-0.2, -0.15) is 0 Å². The van der Waals surface area contributed by atoms with Crippen LogP contribution in [0.25, 0.3) is 0 Å². The molecule has 0 aromatic heterocycles. The van der Waals surface area contributed by atoms with Crippen molar-refractivity contribution in [3.63, 3.8) is 0 Å². The first kappa shape index (κ1) is 14.9. The Labute approximate surface area is 144 Å². The minimum atomic E-state index is -0.876. The second kappa shape index (κ2) is 5.28. The number of anilines is 1. The lowest BCUT2D eigenvalue weighted by molar-refractivity contribution is 0.324. The maximum atomic E-state index is 14.1. The van der Waals surface area contributed by atoms with Crippen LogP contribution in [-0.2, 0) is 5.41 Å². The van der Waals surface area contributed by atoms with Gasteiger partial charge in [-0.1, -0.05) is 18.2 Å². The molecule has 3 aliphatic rings. The van der Waals surface area contributed by atoms with E-state index in [1.54, 1.807) is 0 Å². The molecule has 0 bridgehead atoms. The molecule has 1 unspecified atom stereocenters. The third kappa shape index (κ3) is 1.92. The number of benzene rings is 2. The third-order valence-electron chi connectivity index (χ3n) is 5.52. The number of amidine groups is 1. The van der Waals surface area contributed by atoms with Crippen LogP contribution < -0.4 is 9.64 Å². The van der Waals surface area contributed by atoms with Crippen molar-refractivity contribution in [2.24, 2.45) is 4.99 Å². The highest BCUT2D eigenvalue weighted by atomic mass is 19.2. The summed E-state index contributed by atoms with van der Waals surface area (Å²) in [5.41, 5.74) is 2.21. The number of aliphatic imine (C=N–C) groups is 1. The van der Waals surface area contributed by atoms with Crippen LogP contribution >= 0.6 is 0 Å². The predicted molar refractivity (Wildman–Crippen MR) is 92.6 cm³/mol. The molecule has 3 heterocycles. The monoisotopic (exact) mass is 340 g/mol. The van der Waals surface area contributed by atoms with Gasteiger partial charge < -0.3 is 9.64 Å². The molecular formula is C20H18F2N2O. The minimum Gasteiger partial charge on any atom is -0.491 e. The fourth-order valence-corrected chi connectivity index (χ4v) is 4.38. The van der Waals surface area contributed by atoms with Crippen LogP contribution in [0, 0.1) is 11.6 Å². The molecule has 3 nitrogen and oxygen atoms in total. The van der Waals surface area contributed by atoms with Crippen molar-refractivity contribution in [2.45, 2.75) is 24.7 Å². The summed E-state index contributed by atoms with van der Waals surface area (Å²) >= 11 is 0.